The van der Waals surface area contributed by atoms with E-state index in [1.165, 1.54) is 26.0 Å². The number of methoxy groups -OCH3 is 4. The summed E-state index contributed by atoms with van der Waals surface area (Å²) >= 11 is 7.68. The van der Waals surface area contributed by atoms with Crippen molar-refractivity contribution < 1.29 is 23.7 Å². The van der Waals surface area contributed by atoms with Gasteiger partial charge in [0, 0.05) is 29.4 Å². The number of aromatic amines is 1. The van der Waals surface area contributed by atoms with Crippen LogP contribution < -0.4 is 24.3 Å². The lowest BCUT2D eigenvalue weighted by Crippen LogP contribution is -2.13. The van der Waals surface area contributed by atoms with Crippen LogP contribution >= 0.6 is 23.4 Å². The van der Waals surface area contributed by atoms with Gasteiger partial charge < -0.3 is 29.2 Å². The molecule has 0 aliphatic rings. The molecule has 38 heavy (non-hydrogen) atoms. The third-order valence-electron chi connectivity index (χ3n) is 5.74. The van der Waals surface area contributed by atoms with Crippen LogP contribution in [0.1, 0.15) is 6.42 Å². The number of nitrogens with zero attached hydrogens (tertiary/aromatic N) is 1. The number of carbonyl (C=O) groups excluding carboxylic acids is 1. The molecule has 0 aliphatic carbocycles. The number of rotatable bonds is 11. The Morgan fingerprint density at radius 2 is 1.47 bits per heavy atom. The molecular weight excluding hydrogens is 526 g/mol. The highest BCUT2D eigenvalue weighted by atomic mass is 35.5. The fraction of sp³-hybridized carbons (Fsp3) is 0.214. The molecule has 1 aromatic heterocycles. The Hall–Kier alpha value is -3.82. The number of thioether (sulfide) groups is 1. The largest absolute Gasteiger partial charge is 0.497 e. The highest BCUT2D eigenvalue weighted by molar-refractivity contribution is 7.99. The molecule has 0 saturated carbocycles. The van der Waals surface area contributed by atoms with Crippen LogP contribution in [0, 0.1) is 0 Å². The van der Waals surface area contributed by atoms with E-state index in [0.717, 1.165) is 34.0 Å². The maximum absolute atomic E-state index is 12.7. The summed E-state index contributed by atoms with van der Waals surface area (Å²) < 4.78 is 21.2. The van der Waals surface area contributed by atoms with Crippen molar-refractivity contribution in [1.82, 2.24) is 9.97 Å². The molecule has 4 aromatic rings. The average molecular weight is 554 g/mol. The van der Waals surface area contributed by atoms with Crippen molar-refractivity contribution in [3.05, 3.63) is 65.7 Å². The number of H-pyrrole nitrogens is 1. The molecule has 2 N–H and O–H groups in total. The summed E-state index contributed by atoms with van der Waals surface area (Å²) in [5.41, 5.74) is 4.08. The van der Waals surface area contributed by atoms with E-state index < -0.39 is 0 Å². The Kier molecular flexibility index (Phi) is 9.04. The fourth-order valence-electron chi connectivity index (χ4n) is 3.76. The van der Waals surface area contributed by atoms with Gasteiger partial charge in [0.15, 0.2) is 5.16 Å². The predicted octanol–water partition coefficient (Wildman–Crippen LogP) is 6.55. The summed E-state index contributed by atoms with van der Waals surface area (Å²) in [6, 6.07) is 18.8. The molecule has 3 aromatic carbocycles. The number of nitrogens with one attached hydrogen (secondary N) is 2. The second-order valence-electron chi connectivity index (χ2n) is 8.06. The van der Waals surface area contributed by atoms with Crippen LogP contribution in [0.4, 0.5) is 5.69 Å². The maximum Gasteiger partial charge on any atom is 0.225 e. The van der Waals surface area contributed by atoms with E-state index in [9.17, 15) is 4.79 Å². The SMILES string of the molecule is COc1ccc(-c2nc(SCCC(=O)Nc3cc(Cl)c(OC)cc3OC)[nH]c2-c2ccc(OC)cc2)cc1. The topological polar surface area (TPSA) is 94.7 Å². The highest BCUT2D eigenvalue weighted by Crippen LogP contribution is 2.37. The van der Waals surface area contributed by atoms with E-state index in [-0.39, 0.29) is 12.3 Å². The van der Waals surface area contributed by atoms with Gasteiger partial charge in [-0.25, -0.2) is 4.98 Å². The van der Waals surface area contributed by atoms with Gasteiger partial charge in [0.1, 0.15) is 23.0 Å². The van der Waals surface area contributed by atoms with Crippen LogP contribution in [-0.4, -0.2) is 50.1 Å². The molecule has 0 atom stereocenters. The van der Waals surface area contributed by atoms with Gasteiger partial charge in [-0.05, 0) is 54.6 Å². The first kappa shape index (κ1) is 27.2. The van der Waals surface area contributed by atoms with Gasteiger partial charge in [0.2, 0.25) is 5.91 Å². The van der Waals surface area contributed by atoms with Gasteiger partial charge in [-0.3, -0.25) is 4.79 Å². The summed E-state index contributed by atoms with van der Waals surface area (Å²) in [5.74, 6) is 2.81. The Bertz CT molecular complexity index is 1330. The number of hydrogen-bond acceptors (Lipinski definition) is 7. The number of benzene rings is 3. The molecule has 0 unspecified atom stereocenters. The molecule has 8 nitrogen and oxygen atoms in total. The summed E-state index contributed by atoms with van der Waals surface area (Å²) in [7, 11) is 6.31. The van der Waals surface area contributed by atoms with Gasteiger partial charge >= 0.3 is 0 Å². The Balaban J connectivity index is 1.49. The molecule has 0 radical (unpaired) electrons. The van der Waals surface area contributed by atoms with E-state index in [2.05, 4.69) is 10.3 Å². The van der Waals surface area contributed by atoms with Crippen molar-refractivity contribution >= 4 is 35.0 Å². The number of halogens is 1. The molecule has 0 saturated heterocycles. The van der Waals surface area contributed by atoms with E-state index in [0.29, 0.717) is 33.1 Å². The Labute approximate surface area is 230 Å². The van der Waals surface area contributed by atoms with Crippen molar-refractivity contribution in [1.29, 1.82) is 0 Å². The lowest BCUT2D eigenvalue weighted by Gasteiger charge is -2.13. The summed E-state index contributed by atoms with van der Waals surface area (Å²) in [4.78, 5) is 20.9. The first-order chi connectivity index (χ1) is 18.4. The maximum atomic E-state index is 12.7. The summed E-state index contributed by atoms with van der Waals surface area (Å²) in [6.45, 7) is 0. The van der Waals surface area contributed by atoms with Gasteiger partial charge in [-0.15, -0.1) is 0 Å². The second kappa shape index (κ2) is 12.6. The number of anilines is 1. The van der Waals surface area contributed by atoms with E-state index >= 15 is 0 Å². The van der Waals surface area contributed by atoms with Gasteiger partial charge in [-0.2, -0.15) is 0 Å². The normalized spacial score (nSPS) is 10.7. The van der Waals surface area contributed by atoms with Crippen LogP contribution in [0.3, 0.4) is 0 Å². The van der Waals surface area contributed by atoms with Gasteiger partial charge in [0.05, 0.1) is 50.5 Å². The van der Waals surface area contributed by atoms with E-state index in [1.54, 1.807) is 26.4 Å². The number of carbonyl (C=O) groups is 1. The molecule has 0 aliphatic heterocycles. The lowest BCUT2D eigenvalue weighted by atomic mass is 10.0. The smallest absolute Gasteiger partial charge is 0.225 e. The monoisotopic (exact) mass is 553 g/mol. The van der Waals surface area contributed by atoms with Gasteiger partial charge in [0.25, 0.3) is 0 Å². The predicted molar refractivity (Wildman–Crippen MR) is 151 cm³/mol. The third-order valence-corrected chi connectivity index (χ3v) is 6.91. The molecule has 0 bridgehead atoms. The van der Waals surface area contributed by atoms with Crippen molar-refractivity contribution in [3.8, 4) is 45.5 Å². The first-order valence-electron chi connectivity index (χ1n) is 11.7. The third kappa shape index (κ3) is 6.35. The molecule has 0 fully saturated rings. The second-order valence-corrected chi connectivity index (χ2v) is 9.55. The van der Waals surface area contributed by atoms with Gasteiger partial charge in [-0.1, -0.05) is 23.4 Å². The summed E-state index contributed by atoms with van der Waals surface area (Å²) in [5, 5.41) is 3.95. The standard InChI is InChI=1S/C28H28ClN3O5S/c1-34-19-9-5-17(6-10-19)26-27(18-7-11-20(35-2)12-8-18)32-28(31-26)38-14-13-25(33)30-22-15-21(29)23(36-3)16-24(22)37-4/h5-12,15-16H,13-14H2,1-4H3,(H,30,33)(H,31,32). The van der Waals surface area contributed by atoms with Crippen molar-refractivity contribution in [2.45, 2.75) is 11.6 Å². The van der Waals surface area contributed by atoms with Crippen LogP contribution in [0.25, 0.3) is 22.5 Å². The molecule has 10 heteroatoms. The van der Waals surface area contributed by atoms with Crippen LogP contribution in [-0.2, 0) is 4.79 Å². The molecular formula is C28H28ClN3O5S. The molecule has 198 valence electrons. The molecule has 1 amide bonds. The minimum Gasteiger partial charge on any atom is -0.497 e. The zero-order chi connectivity index (χ0) is 27.1. The highest BCUT2D eigenvalue weighted by Gasteiger charge is 2.16. The number of ether oxygens (including phenoxy) is 4. The fourth-order valence-corrected chi connectivity index (χ4v) is 4.81. The van der Waals surface area contributed by atoms with Crippen LogP contribution in [0.2, 0.25) is 5.02 Å². The number of amides is 1. The summed E-state index contributed by atoms with van der Waals surface area (Å²) in [6.07, 6.45) is 0.258. The van der Waals surface area contributed by atoms with Crippen LogP contribution in [0.5, 0.6) is 23.0 Å². The minimum atomic E-state index is -0.172. The van der Waals surface area contributed by atoms with Crippen molar-refractivity contribution in [3.63, 3.8) is 0 Å². The molecule has 1 heterocycles. The number of aromatic nitrogens is 2. The van der Waals surface area contributed by atoms with E-state index in [1.807, 2.05) is 48.5 Å². The van der Waals surface area contributed by atoms with E-state index in [4.69, 9.17) is 35.5 Å². The zero-order valence-corrected chi connectivity index (χ0v) is 23.0. The van der Waals surface area contributed by atoms with Crippen molar-refractivity contribution in [2.75, 3.05) is 39.5 Å². The quantitative estimate of drug-likeness (QED) is 0.203. The average Bonchev–Trinajstić information content (AvgIpc) is 3.37. The Morgan fingerprint density at radius 1 is 0.868 bits per heavy atom. The van der Waals surface area contributed by atoms with Crippen molar-refractivity contribution in [2.24, 2.45) is 0 Å². The lowest BCUT2D eigenvalue weighted by molar-refractivity contribution is -0.115. The number of imidazole rings is 1. The minimum absolute atomic E-state index is 0.172. The molecule has 0 spiro atoms. The first-order valence-corrected chi connectivity index (χ1v) is 13.0. The number of hydrogen-bond donors (Lipinski definition) is 2. The van der Waals surface area contributed by atoms with Crippen LogP contribution in [0.15, 0.2) is 65.8 Å². The Morgan fingerprint density at radius 3 is 2.05 bits per heavy atom. The molecule has 4 rings (SSSR count). The zero-order valence-electron chi connectivity index (χ0n) is 21.5.